The molecular weight excluding hydrogens is 274 g/mol. The van der Waals surface area contributed by atoms with Crippen molar-refractivity contribution in [2.45, 2.75) is 13.8 Å². The van der Waals surface area contributed by atoms with Crippen molar-refractivity contribution in [3.05, 3.63) is 28.0 Å². The number of hydrogen-bond acceptors (Lipinski definition) is 5. The summed E-state index contributed by atoms with van der Waals surface area (Å²) in [5, 5.41) is 7.50. The Bertz CT molecular complexity index is 704. The minimum Gasteiger partial charge on any atom is -0.320 e. The molecule has 104 valence electrons. The van der Waals surface area contributed by atoms with E-state index in [9.17, 15) is 4.79 Å². The van der Waals surface area contributed by atoms with Gasteiger partial charge in [-0.3, -0.25) is 14.8 Å². The minimum atomic E-state index is -0.208. The molecule has 0 saturated heterocycles. The molecule has 0 radical (unpaired) electrons. The largest absolute Gasteiger partial charge is 0.320 e. The lowest BCUT2D eigenvalue weighted by Crippen LogP contribution is -2.13. The molecule has 2 heterocycles. The molecule has 1 amide bonds. The van der Waals surface area contributed by atoms with Gasteiger partial charge in [-0.2, -0.15) is 5.10 Å². The van der Waals surface area contributed by atoms with Crippen molar-refractivity contribution in [1.29, 1.82) is 0 Å². The standard InChI is InChI=1S/C13H15N5OS/c1-8-11(9(2)18(3)17-8)12(19)16-13-15-7-10(20-13)5-4-6-14/h7H,6,14H2,1-3H3,(H,15,16,19). The van der Waals surface area contributed by atoms with E-state index in [0.717, 1.165) is 10.6 Å². The van der Waals surface area contributed by atoms with E-state index in [1.807, 2.05) is 20.9 Å². The second kappa shape index (κ2) is 5.86. The van der Waals surface area contributed by atoms with Crippen LogP contribution in [0.2, 0.25) is 0 Å². The SMILES string of the molecule is Cc1nn(C)c(C)c1C(=O)Nc1ncc(C#CCN)s1. The number of carbonyl (C=O) groups excluding carboxylic acids is 1. The van der Waals surface area contributed by atoms with Gasteiger partial charge in [0.15, 0.2) is 5.13 Å². The lowest BCUT2D eigenvalue weighted by atomic mass is 10.2. The van der Waals surface area contributed by atoms with Gasteiger partial charge in [0, 0.05) is 12.7 Å². The molecule has 2 aromatic heterocycles. The summed E-state index contributed by atoms with van der Waals surface area (Å²) >= 11 is 1.31. The Labute approximate surface area is 121 Å². The summed E-state index contributed by atoms with van der Waals surface area (Å²) in [6, 6.07) is 0. The van der Waals surface area contributed by atoms with Crippen LogP contribution in [-0.4, -0.2) is 27.2 Å². The number of nitrogens with zero attached hydrogens (tertiary/aromatic N) is 3. The summed E-state index contributed by atoms with van der Waals surface area (Å²) < 4.78 is 1.68. The average molecular weight is 289 g/mol. The van der Waals surface area contributed by atoms with Crippen LogP contribution in [0, 0.1) is 25.7 Å². The third-order valence-electron chi connectivity index (χ3n) is 2.78. The molecule has 0 aliphatic carbocycles. The number of aryl methyl sites for hydroxylation is 2. The van der Waals surface area contributed by atoms with Crippen LogP contribution in [0.25, 0.3) is 0 Å². The van der Waals surface area contributed by atoms with Crippen LogP contribution in [0.5, 0.6) is 0 Å². The second-order valence-corrected chi connectivity index (χ2v) is 5.19. The van der Waals surface area contributed by atoms with Gasteiger partial charge in [-0.15, -0.1) is 0 Å². The zero-order chi connectivity index (χ0) is 14.7. The third kappa shape index (κ3) is 2.87. The van der Waals surface area contributed by atoms with Crippen LogP contribution in [-0.2, 0) is 7.05 Å². The Kier molecular flexibility index (Phi) is 4.17. The molecule has 0 atom stereocenters. The quantitative estimate of drug-likeness (QED) is 0.809. The highest BCUT2D eigenvalue weighted by atomic mass is 32.1. The lowest BCUT2D eigenvalue weighted by Gasteiger charge is -2.01. The smallest absolute Gasteiger partial charge is 0.261 e. The Hall–Kier alpha value is -2.17. The number of aromatic nitrogens is 3. The molecule has 0 aromatic carbocycles. The molecule has 7 heteroatoms. The first-order valence-electron chi connectivity index (χ1n) is 5.99. The minimum absolute atomic E-state index is 0.208. The van der Waals surface area contributed by atoms with E-state index in [1.54, 1.807) is 10.9 Å². The number of thiazole rings is 1. The van der Waals surface area contributed by atoms with Gasteiger partial charge < -0.3 is 5.73 Å². The molecule has 0 saturated carbocycles. The van der Waals surface area contributed by atoms with Crippen molar-refractivity contribution < 1.29 is 4.79 Å². The molecule has 2 rings (SSSR count). The van der Waals surface area contributed by atoms with Crippen molar-refractivity contribution in [3.63, 3.8) is 0 Å². The number of anilines is 1. The molecule has 2 aromatic rings. The van der Waals surface area contributed by atoms with Crippen molar-refractivity contribution in [2.24, 2.45) is 12.8 Å². The number of rotatable bonds is 2. The molecule has 0 unspecified atom stereocenters. The number of nitrogens with two attached hydrogens (primary N) is 1. The first-order valence-corrected chi connectivity index (χ1v) is 6.81. The number of nitrogens with one attached hydrogen (secondary N) is 1. The summed E-state index contributed by atoms with van der Waals surface area (Å²) in [6.45, 7) is 3.96. The third-order valence-corrected chi connectivity index (χ3v) is 3.60. The van der Waals surface area contributed by atoms with Crippen LogP contribution in [0.1, 0.15) is 26.6 Å². The van der Waals surface area contributed by atoms with Crippen molar-refractivity contribution >= 4 is 22.4 Å². The van der Waals surface area contributed by atoms with Crippen molar-refractivity contribution in [1.82, 2.24) is 14.8 Å². The average Bonchev–Trinajstić information content (AvgIpc) is 2.93. The van der Waals surface area contributed by atoms with Gasteiger partial charge in [0.05, 0.1) is 28.9 Å². The van der Waals surface area contributed by atoms with Crippen LogP contribution < -0.4 is 11.1 Å². The molecule has 20 heavy (non-hydrogen) atoms. The maximum absolute atomic E-state index is 12.2. The van der Waals surface area contributed by atoms with E-state index in [0.29, 0.717) is 22.9 Å². The van der Waals surface area contributed by atoms with Gasteiger partial charge >= 0.3 is 0 Å². The van der Waals surface area contributed by atoms with Gasteiger partial charge in [-0.05, 0) is 13.8 Å². The maximum Gasteiger partial charge on any atom is 0.261 e. The van der Waals surface area contributed by atoms with Gasteiger partial charge in [-0.1, -0.05) is 23.2 Å². The van der Waals surface area contributed by atoms with Crippen LogP contribution in [0.4, 0.5) is 5.13 Å². The fraction of sp³-hybridized carbons (Fsp3) is 0.308. The fourth-order valence-electron chi connectivity index (χ4n) is 1.79. The molecular formula is C13H15N5OS. The monoisotopic (exact) mass is 289 g/mol. The Morgan fingerprint density at radius 3 is 2.90 bits per heavy atom. The highest BCUT2D eigenvalue weighted by molar-refractivity contribution is 7.16. The molecule has 0 spiro atoms. The number of amides is 1. The highest BCUT2D eigenvalue weighted by Gasteiger charge is 2.18. The Balaban J connectivity index is 2.17. The summed E-state index contributed by atoms with van der Waals surface area (Å²) in [7, 11) is 1.81. The van der Waals surface area contributed by atoms with Crippen molar-refractivity contribution in [3.8, 4) is 11.8 Å². The second-order valence-electron chi connectivity index (χ2n) is 4.16. The van der Waals surface area contributed by atoms with E-state index >= 15 is 0 Å². The van der Waals surface area contributed by atoms with E-state index in [4.69, 9.17) is 5.73 Å². The highest BCUT2D eigenvalue weighted by Crippen LogP contribution is 2.19. The fourth-order valence-corrected chi connectivity index (χ4v) is 2.48. The zero-order valence-electron chi connectivity index (χ0n) is 11.5. The molecule has 0 bridgehead atoms. The van der Waals surface area contributed by atoms with Crippen molar-refractivity contribution in [2.75, 3.05) is 11.9 Å². The van der Waals surface area contributed by atoms with Crippen LogP contribution in [0.15, 0.2) is 6.20 Å². The molecule has 0 aliphatic rings. The summed E-state index contributed by atoms with van der Waals surface area (Å²) in [5.74, 6) is 5.42. The zero-order valence-corrected chi connectivity index (χ0v) is 12.3. The predicted molar refractivity (Wildman–Crippen MR) is 78.7 cm³/mol. The van der Waals surface area contributed by atoms with Crippen LogP contribution in [0.3, 0.4) is 0 Å². The molecule has 3 N–H and O–H groups in total. The van der Waals surface area contributed by atoms with Gasteiger partial charge in [0.25, 0.3) is 5.91 Å². The van der Waals surface area contributed by atoms with Crippen LogP contribution >= 0.6 is 11.3 Å². The lowest BCUT2D eigenvalue weighted by molar-refractivity contribution is 0.102. The predicted octanol–water partition coefficient (Wildman–Crippen LogP) is 1.06. The first kappa shape index (κ1) is 14.2. The summed E-state index contributed by atoms with van der Waals surface area (Å²) in [4.78, 5) is 17.1. The maximum atomic E-state index is 12.2. The molecule has 6 nitrogen and oxygen atoms in total. The van der Waals surface area contributed by atoms with E-state index in [1.165, 1.54) is 11.3 Å². The topological polar surface area (TPSA) is 85.8 Å². The van der Waals surface area contributed by atoms with Gasteiger partial charge in [0.2, 0.25) is 0 Å². The van der Waals surface area contributed by atoms with E-state index in [-0.39, 0.29) is 5.91 Å². The molecule has 0 fully saturated rings. The molecule has 0 aliphatic heterocycles. The number of hydrogen-bond donors (Lipinski definition) is 2. The Morgan fingerprint density at radius 1 is 1.55 bits per heavy atom. The summed E-state index contributed by atoms with van der Waals surface area (Å²) in [6.07, 6.45) is 1.62. The van der Waals surface area contributed by atoms with E-state index < -0.39 is 0 Å². The number of carbonyl (C=O) groups is 1. The van der Waals surface area contributed by atoms with Gasteiger partial charge in [0.1, 0.15) is 0 Å². The van der Waals surface area contributed by atoms with E-state index in [2.05, 4.69) is 27.2 Å². The normalized spacial score (nSPS) is 10.0. The Morgan fingerprint density at radius 2 is 2.30 bits per heavy atom. The van der Waals surface area contributed by atoms with Gasteiger partial charge in [-0.25, -0.2) is 4.98 Å². The summed E-state index contributed by atoms with van der Waals surface area (Å²) in [5.41, 5.74) is 7.40. The first-order chi connectivity index (χ1) is 9.52.